The Morgan fingerprint density at radius 2 is 1.44 bits per heavy atom. The third kappa shape index (κ3) is 5.49. The second kappa shape index (κ2) is 10.9. The Hall–Kier alpha value is -3.15. The predicted octanol–water partition coefficient (Wildman–Crippen LogP) is 4.59. The van der Waals surface area contributed by atoms with Crippen molar-refractivity contribution in [1.29, 1.82) is 0 Å². The van der Waals surface area contributed by atoms with Gasteiger partial charge in [0.2, 0.25) is 0 Å². The number of hydrogen-bond acceptors (Lipinski definition) is 4. The van der Waals surface area contributed by atoms with Crippen molar-refractivity contribution in [3.05, 3.63) is 65.7 Å². The molecule has 0 N–H and O–H groups in total. The van der Waals surface area contributed by atoms with Crippen LogP contribution in [-0.2, 0) is 4.79 Å². The molecule has 6 nitrogen and oxygen atoms in total. The minimum absolute atomic E-state index is 0.00489. The molecule has 2 saturated heterocycles. The number of ketones is 1. The van der Waals surface area contributed by atoms with Crippen LogP contribution < -0.4 is 4.74 Å². The molecule has 2 fully saturated rings. The largest absolute Gasteiger partial charge is 0.484 e. The van der Waals surface area contributed by atoms with Gasteiger partial charge in [-0.3, -0.25) is 14.4 Å². The minimum Gasteiger partial charge on any atom is -0.484 e. The molecular formula is C28H34N2O4. The van der Waals surface area contributed by atoms with Gasteiger partial charge in [0.15, 0.2) is 12.4 Å². The summed E-state index contributed by atoms with van der Waals surface area (Å²) in [5.74, 6) is 0.675. The summed E-state index contributed by atoms with van der Waals surface area (Å²) in [5.41, 5.74) is 1.33. The molecule has 34 heavy (non-hydrogen) atoms. The number of piperidine rings is 2. The molecular weight excluding hydrogens is 428 g/mol. The van der Waals surface area contributed by atoms with Crippen molar-refractivity contribution < 1.29 is 19.1 Å². The summed E-state index contributed by atoms with van der Waals surface area (Å²) in [6.45, 7) is 5.33. The van der Waals surface area contributed by atoms with Gasteiger partial charge in [0.1, 0.15) is 5.75 Å². The van der Waals surface area contributed by atoms with Crippen molar-refractivity contribution in [2.24, 2.45) is 5.92 Å². The van der Waals surface area contributed by atoms with Gasteiger partial charge < -0.3 is 14.5 Å². The fraction of sp³-hybridized carbons (Fsp3) is 0.464. The number of nitrogens with zero attached hydrogens (tertiary/aromatic N) is 2. The van der Waals surface area contributed by atoms with E-state index in [1.165, 1.54) is 0 Å². The number of carbonyl (C=O) groups excluding carboxylic acids is 3. The minimum atomic E-state index is -0.0378. The molecule has 2 aromatic carbocycles. The highest BCUT2D eigenvalue weighted by Gasteiger charge is 2.30. The van der Waals surface area contributed by atoms with Crippen LogP contribution in [0.3, 0.4) is 0 Å². The zero-order valence-corrected chi connectivity index (χ0v) is 20.1. The van der Waals surface area contributed by atoms with E-state index in [9.17, 15) is 14.4 Å². The van der Waals surface area contributed by atoms with Crippen LogP contribution in [0.2, 0.25) is 0 Å². The van der Waals surface area contributed by atoms with Crippen LogP contribution in [0.1, 0.15) is 66.7 Å². The molecule has 180 valence electrons. The predicted molar refractivity (Wildman–Crippen MR) is 131 cm³/mol. The lowest BCUT2D eigenvalue weighted by Crippen LogP contribution is -2.49. The number of benzene rings is 2. The third-order valence-electron chi connectivity index (χ3n) is 7.16. The van der Waals surface area contributed by atoms with Gasteiger partial charge in [-0.15, -0.1) is 0 Å². The van der Waals surface area contributed by atoms with E-state index in [4.69, 9.17) is 4.74 Å². The Balaban J connectivity index is 1.27. The molecule has 2 heterocycles. The van der Waals surface area contributed by atoms with E-state index in [-0.39, 0.29) is 42.2 Å². The second-order valence-electron chi connectivity index (χ2n) is 9.54. The fourth-order valence-corrected chi connectivity index (χ4v) is 5.19. The summed E-state index contributed by atoms with van der Waals surface area (Å²) in [6, 6.07) is 16.8. The first kappa shape index (κ1) is 24.0. The average Bonchev–Trinajstić information content (AvgIpc) is 2.87. The number of Topliss-reactive ketones (excluding diaryl/α,β-unsaturated/α-hetero) is 1. The molecule has 4 rings (SSSR count). The quantitative estimate of drug-likeness (QED) is 0.589. The Morgan fingerprint density at radius 3 is 2.06 bits per heavy atom. The van der Waals surface area contributed by atoms with E-state index in [0.29, 0.717) is 37.2 Å². The molecule has 2 unspecified atom stereocenters. The van der Waals surface area contributed by atoms with Gasteiger partial charge in [0, 0.05) is 42.2 Å². The molecule has 0 spiro atoms. The van der Waals surface area contributed by atoms with Crippen molar-refractivity contribution in [3.63, 3.8) is 0 Å². The average molecular weight is 463 g/mol. The summed E-state index contributed by atoms with van der Waals surface area (Å²) < 4.78 is 5.73. The highest BCUT2D eigenvalue weighted by Crippen LogP contribution is 2.25. The van der Waals surface area contributed by atoms with Gasteiger partial charge in [0.25, 0.3) is 11.8 Å². The lowest BCUT2D eigenvalue weighted by molar-refractivity contribution is -0.139. The van der Waals surface area contributed by atoms with E-state index >= 15 is 0 Å². The fourth-order valence-electron chi connectivity index (χ4n) is 5.19. The maximum absolute atomic E-state index is 12.9. The van der Waals surface area contributed by atoms with Gasteiger partial charge >= 0.3 is 0 Å². The van der Waals surface area contributed by atoms with Crippen LogP contribution in [0.25, 0.3) is 0 Å². The molecule has 2 amide bonds. The van der Waals surface area contributed by atoms with Gasteiger partial charge in [0.05, 0.1) is 0 Å². The Bertz CT molecular complexity index is 987. The molecule has 2 atom stereocenters. The van der Waals surface area contributed by atoms with Crippen molar-refractivity contribution in [2.45, 2.75) is 58.0 Å². The molecule has 2 aliphatic heterocycles. The van der Waals surface area contributed by atoms with Gasteiger partial charge in [-0.05, 0) is 70.2 Å². The van der Waals surface area contributed by atoms with Crippen molar-refractivity contribution in [2.75, 3.05) is 19.7 Å². The smallest absolute Gasteiger partial charge is 0.260 e. The van der Waals surface area contributed by atoms with Crippen LogP contribution in [0, 0.1) is 5.92 Å². The lowest BCUT2D eigenvalue weighted by Gasteiger charge is -2.38. The molecule has 0 bridgehead atoms. The van der Waals surface area contributed by atoms with E-state index in [1.807, 2.05) is 40.1 Å². The van der Waals surface area contributed by atoms with E-state index < -0.39 is 0 Å². The maximum atomic E-state index is 12.9. The number of rotatable bonds is 6. The highest BCUT2D eigenvalue weighted by atomic mass is 16.5. The van der Waals surface area contributed by atoms with E-state index in [0.717, 1.165) is 24.8 Å². The number of likely N-dealkylation sites (tertiary alicyclic amines) is 2. The van der Waals surface area contributed by atoms with Crippen molar-refractivity contribution in [3.8, 4) is 5.75 Å². The first-order chi connectivity index (χ1) is 16.4. The number of amides is 2. The standard InChI is InChI=1S/C28H34N2O4/c1-20-7-6-8-21(2)30(20)26(31)19-34-25-13-11-24(12-14-25)28(33)29-17-15-23(16-18-29)27(32)22-9-4-3-5-10-22/h3-5,9-14,20-21,23H,6-8,15-19H2,1-2H3. The third-order valence-corrected chi connectivity index (χ3v) is 7.16. The zero-order valence-electron chi connectivity index (χ0n) is 20.1. The van der Waals surface area contributed by atoms with Crippen LogP contribution in [0.5, 0.6) is 5.75 Å². The van der Waals surface area contributed by atoms with Crippen LogP contribution in [0.4, 0.5) is 0 Å². The summed E-state index contributed by atoms with van der Waals surface area (Å²) in [5, 5.41) is 0. The summed E-state index contributed by atoms with van der Waals surface area (Å²) in [4.78, 5) is 42.0. The van der Waals surface area contributed by atoms with Crippen molar-refractivity contribution >= 4 is 17.6 Å². The second-order valence-corrected chi connectivity index (χ2v) is 9.54. The lowest BCUT2D eigenvalue weighted by atomic mass is 9.88. The van der Waals surface area contributed by atoms with Crippen LogP contribution in [0.15, 0.2) is 54.6 Å². The first-order valence-corrected chi connectivity index (χ1v) is 12.4. The summed E-state index contributed by atoms with van der Waals surface area (Å²) in [7, 11) is 0. The number of ether oxygens (including phenoxy) is 1. The Labute approximate surface area is 201 Å². The first-order valence-electron chi connectivity index (χ1n) is 12.4. The highest BCUT2D eigenvalue weighted by molar-refractivity contribution is 5.98. The Morgan fingerprint density at radius 1 is 0.824 bits per heavy atom. The summed E-state index contributed by atoms with van der Waals surface area (Å²) >= 11 is 0. The SMILES string of the molecule is CC1CCCC(C)N1C(=O)COc1ccc(C(=O)N2CCC(C(=O)c3ccccc3)CC2)cc1. The van der Waals surface area contributed by atoms with E-state index in [2.05, 4.69) is 13.8 Å². The maximum Gasteiger partial charge on any atom is 0.260 e. The molecule has 2 aliphatic rings. The number of carbonyl (C=O) groups is 3. The molecule has 2 aromatic rings. The van der Waals surface area contributed by atoms with Crippen LogP contribution in [-0.4, -0.2) is 59.2 Å². The monoisotopic (exact) mass is 462 g/mol. The van der Waals surface area contributed by atoms with Gasteiger partial charge in [-0.1, -0.05) is 30.3 Å². The van der Waals surface area contributed by atoms with Gasteiger partial charge in [-0.25, -0.2) is 0 Å². The molecule has 0 aromatic heterocycles. The molecule has 0 aliphatic carbocycles. The Kier molecular flexibility index (Phi) is 7.66. The molecule has 0 saturated carbocycles. The van der Waals surface area contributed by atoms with Gasteiger partial charge in [-0.2, -0.15) is 0 Å². The zero-order chi connectivity index (χ0) is 24.1. The van der Waals surface area contributed by atoms with Crippen molar-refractivity contribution in [1.82, 2.24) is 9.80 Å². The summed E-state index contributed by atoms with van der Waals surface area (Å²) in [6.07, 6.45) is 4.57. The van der Waals surface area contributed by atoms with E-state index in [1.54, 1.807) is 24.3 Å². The molecule has 6 heteroatoms. The van der Waals surface area contributed by atoms with Crippen LogP contribution >= 0.6 is 0 Å². The normalized spacial score (nSPS) is 21.2. The topological polar surface area (TPSA) is 66.9 Å². The molecule has 0 radical (unpaired) electrons. The number of hydrogen-bond donors (Lipinski definition) is 0.